The Kier molecular flexibility index (Phi) is 4.49. The first kappa shape index (κ1) is 13.8. The number of benzene rings is 1. The maximum atomic E-state index is 11.7. The number of aryl methyl sites for hydroxylation is 1. The zero-order valence-electron chi connectivity index (χ0n) is 11.4. The first-order valence-electron chi connectivity index (χ1n) is 6.13. The molecule has 0 spiro atoms. The highest BCUT2D eigenvalue weighted by atomic mass is 16.5. The van der Waals surface area contributed by atoms with E-state index in [9.17, 15) is 4.79 Å². The number of nitrogens with zero attached hydrogens (tertiary/aromatic N) is 3. The zero-order chi connectivity index (χ0) is 14.4. The molecule has 0 aliphatic heterocycles. The van der Waals surface area contributed by atoms with E-state index < -0.39 is 0 Å². The average molecular weight is 272 g/mol. The summed E-state index contributed by atoms with van der Waals surface area (Å²) in [5.74, 6) is 1.37. The van der Waals surface area contributed by atoms with Gasteiger partial charge in [0.25, 0.3) is 5.91 Å². The Bertz CT molecular complexity index is 602. The van der Waals surface area contributed by atoms with Crippen LogP contribution in [0.4, 0.5) is 0 Å². The van der Waals surface area contributed by atoms with Crippen LogP contribution in [-0.4, -0.2) is 28.8 Å². The normalized spacial score (nSPS) is 10.7. The van der Waals surface area contributed by atoms with Gasteiger partial charge in [0.2, 0.25) is 0 Å². The Morgan fingerprint density at radius 3 is 2.80 bits per heavy atom. The van der Waals surface area contributed by atoms with Crippen molar-refractivity contribution < 1.29 is 9.53 Å². The molecule has 2 rings (SSSR count). The first-order chi connectivity index (χ1) is 9.69. The molecule has 0 saturated carbocycles. The van der Waals surface area contributed by atoms with E-state index in [1.54, 1.807) is 30.3 Å². The van der Waals surface area contributed by atoms with Gasteiger partial charge in [-0.2, -0.15) is 5.10 Å². The molecule has 1 aromatic carbocycles. The molecule has 0 saturated heterocycles. The lowest BCUT2D eigenvalue weighted by molar-refractivity contribution is -0.121. The van der Waals surface area contributed by atoms with Gasteiger partial charge in [-0.25, -0.2) is 10.4 Å². The fourth-order valence-corrected chi connectivity index (χ4v) is 1.63. The number of carbonyl (C=O) groups is 1. The van der Waals surface area contributed by atoms with E-state index in [1.807, 2.05) is 31.2 Å². The topological polar surface area (TPSA) is 68.5 Å². The number of hydrazone groups is 1. The summed E-state index contributed by atoms with van der Waals surface area (Å²) in [7, 11) is 1.61. The van der Waals surface area contributed by atoms with Gasteiger partial charge in [0.15, 0.2) is 0 Å². The highest BCUT2D eigenvalue weighted by Crippen LogP contribution is 2.09. The predicted molar refractivity (Wildman–Crippen MR) is 75.7 cm³/mol. The monoisotopic (exact) mass is 272 g/mol. The number of amides is 1. The number of carbonyl (C=O) groups excluding carboxylic acids is 1. The van der Waals surface area contributed by atoms with E-state index in [4.69, 9.17) is 4.74 Å². The fraction of sp³-hybridized carbons (Fsp3) is 0.214. The van der Waals surface area contributed by atoms with Gasteiger partial charge in [0, 0.05) is 12.4 Å². The summed E-state index contributed by atoms with van der Waals surface area (Å²) in [5.41, 5.74) is 3.36. The molecule has 1 amide bonds. The van der Waals surface area contributed by atoms with Gasteiger partial charge < -0.3 is 9.30 Å². The van der Waals surface area contributed by atoms with E-state index in [2.05, 4.69) is 15.5 Å². The standard InChI is InChI=1S/C14H16N4O2/c1-11-15-7-8-18(11)10-14(19)17-16-9-12-3-5-13(20-2)6-4-12/h3-9H,10H2,1-2H3,(H,17,19). The third-order valence-corrected chi connectivity index (χ3v) is 2.76. The lowest BCUT2D eigenvalue weighted by Crippen LogP contribution is -2.23. The molecule has 6 heteroatoms. The van der Waals surface area contributed by atoms with Crippen LogP contribution in [0.5, 0.6) is 5.75 Å². The summed E-state index contributed by atoms with van der Waals surface area (Å²) >= 11 is 0. The largest absolute Gasteiger partial charge is 0.497 e. The first-order valence-corrected chi connectivity index (χ1v) is 6.13. The van der Waals surface area contributed by atoms with Crippen LogP contribution in [0.25, 0.3) is 0 Å². The number of hydrogen-bond acceptors (Lipinski definition) is 4. The zero-order valence-corrected chi connectivity index (χ0v) is 11.4. The van der Waals surface area contributed by atoms with Gasteiger partial charge in [-0.15, -0.1) is 0 Å². The van der Waals surface area contributed by atoms with E-state index in [-0.39, 0.29) is 12.5 Å². The minimum absolute atomic E-state index is 0.198. The summed E-state index contributed by atoms with van der Waals surface area (Å²) < 4.78 is 6.81. The molecule has 104 valence electrons. The van der Waals surface area contributed by atoms with Gasteiger partial charge in [-0.3, -0.25) is 4.79 Å². The van der Waals surface area contributed by atoms with E-state index in [0.717, 1.165) is 17.1 Å². The van der Waals surface area contributed by atoms with E-state index in [1.165, 1.54) is 0 Å². The minimum Gasteiger partial charge on any atom is -0.497 e. The van der Waals surface area contributed by atoms with Crippen molar-refractivity contribution in [2.75, 3.05) is 7.11 Å². The van der Waals surface area contributed by atoms with Crippen LogP contribution in [0.15, 0.2) is 41.8 Å². The Labute approximate surface area is 117 Å². The molecular weight excluding hydrogens is 256 g/mol. The Balaban J connectivity index is 1.86. The molecule has 6 nitrogen and oxygen atoms in total. The second-order valence-corrected chi connectivity index (χ2v) is 4.17. The van der Waals surface area contributed by atoms with Gasteiger partial charge in [0.05, 0.1) is 13.3 Å². The molecule has 2 aromatic rings. The van der Waals surface area contributed by atoms with Gasteiger partial charge in [-0.05, 0) is 36.8 Å². The lowest BCUT2D eigenvalue weighted by Gasteiger charge is -2.03. The molecule has 0 radical (unpaired) electrons. The molecular formula is C14H16N4O2. The molecule has 1 aromatic heterocycles. The van der Waals surface area contributed by atoms with Crippen LogP contribution >= 0.6 is 0 Å². The van der Waals surface area contributed by atoms with Crippen LogP contribution in [0.2, 0.25) is 0 Å². The number of aromatic nitrogens is 2. The van der Waals surface area contributed by atoms with Crippen molar-refractivity contribution in [3.05, 3.63) is 48.0 Å². The molecule has 0 aliphatic carbocycles. The molecule has 0 aliphatic rings. The number of ether oxygens (including phenoxy) is 1. The second-order valence-electron chi connectivity index (χ2n) is 4.17. The van der Waals surface area contributed by atoms with Crippen molar-refractivity contribution in [2.45, 2.75) is 13.5 Å². The maximum Gasteiger partial charge on any atom is 0.260 e. The van der Waals surface area contributed by atoms with Crippen molar-refractivity contribution in [1.82, 2.24) is 15.0 Å². The highest BCUT2D eigenvalue weighted by Gasteiger charge is 2.03. The average Bonchev–Trinajstić information content (AvgIpc) is 2.85. The molecule has 0 fully saturated rings. The van der Waals surface area contributed by atoms with Gasteiger partial charge in [-0.1, -0.05) is 0 Å². The molecule has 1 heterocycles. The van der Waals surface area contributed by atoms with Crippen molar-refractivity contribution in [3.63, 3.8) is 0 Å². The minimum atomic E-state index is -0.198. The Morgan fingerprint density at radius 2 is 2.20 bits per heavy atom. The quantitative estimate of drug-likeness (QED) is 0.660. The van der Waals surface area contributed by atoms with Gasteiger partial charge in [0.1, 0.15) is 18.1 Å². The number of rotatable bonds is 5. The molecule has 0 bridgehead atoms. The van der Waals surface area contributed by atoms with E-state index in [0.29, 0.717) is 0 Å². The number of hydrogen-bond donors (Lipinski definition) is 1. The highest BCUT2D eigenvalue weighted by molar-refractivity contribution is 5.82. The summed E-state index contributed by atoms with van der Waals surface area (Å²) in [6.07, 6.45) is 4.99. The molecule has 20 heavy (non-hydrogen) atoms. The van der Waals surface area contributed by atoms with Gasteiger partial charge >= 0.3 is 0 Å². The number of imidazole rings is 1. The third kappa shape index (κ3) is 3.68. The number of methoxy groups -OCH3 is 1. The Hall–Kier alpha value is -2.63. The number of nitrogens with one attached hydrogen (secondary N) is 1. The maximum absolute atomic E-state index is 11.7. The summed E-state index contributed by atoms with van der Waals surface area (Å²) in [6.45, 7) is 2.04. The SMILES string of the molecule is COc1ccc(C=NNC(=O)Cn2ccnc2C)cc1. The second kappa shape index (κ2) is 6.51. The van der Waals surface area contributed by atoms with Crippen LogP contribution in [-0.2, 0) is 11.3 Å². The smallest absolute Gasteiger partial charge is 0.260 e. The van der Waals surface area contributed by atoms with Crippen molar-refractivity contribution in [2.24, 2.45) is 5.10 Å². The molecule has 0 unspecified atom stereocenters. The van der Waals surface area contributed by atoms with Crippen LogP contribution in [0, 0.1) is 6.92 Å². The van der Waals surface area contributed by atoms with Crippen molar-refractivity contribution >= 4 is 12.1 Å². The predicted octanol–water partition coefficient (Wildman–Crippen LogP) is 1.35. The van der Waals surface area contributed by atoms with Crippen molar-refractivity contribution in [3.8, 4) is 5.75 Å². The lowest BCUT2D eigenvalue weighted by atomic mass is 10.2. The fourth-order valence-electron chi connectivity index (χ4n) is 1.63. The third-order valence-electron chi connectivity index (χ3n) is 2.76. The molecule has 0 atom stereocenters. The van der Waals surface area contributed by atoms with E-state index >= 15 is 0 Å². The summed E-state index contributed by atoms with van der Waals surface area (Å²) in [6, 6.07) is 7.37. The molecule has 1 N–H and O–H groups in total. The van der Waals surface area contributed by atoms with Crippen LogP contribution in [0.3, 0.4) is 0 Å². The Morgan fingerprint density at radius 1 is 1.45 bits per heavy atom. The summed E-state index contributed by atoms with van der Waals surface area (Å²) in [4.78, 5) is 15.7. The summed E-state index contributed by atoms with van der Waals surface area (Å²) in [5, 5.41) is 3.91. The van der Waals surface area contributed by atoms with Crippen LogP contribution < -0.4 is 10.2 Å². The van der Waals surface area contributed by atoms with Crippen LogP contribution in [0.1, 0.15) is 11.4 Å². The van der Waals surface area contributed by atoms with Crippen molar-refractivity contribution in [1.29, 1.82) is 0 Å².